The first-order chi connectivity index (χ1) is 13.8. The number of hydrogen-bond donors (Lipinski definition) is 4. The smallest absolute Gasteiger partial charge is 0.335 e. The Bertz CT molecular complexity index is 1080. The van der Waals surface area contributed by atoms with Gasteiger partial charge in [-0.15, -0.1) is 0 Å². The maximum atomic E-state index is 10.9. The average Bonchev–Trinajstić information content (AvgIpc) is 2.97. The first-order valence-electron chi connectivity index (χ1n) is 8.33. The van der Waals surface area contributed by atoms with E-state index < -0.39 is 5.97 Å². The predicted octanol–water partition coefficient (Wildman–Crippen LogP) is 3.56. The zero-order valence-electron chi connectivity index (χ0n) is 15.1. The van der Waals surface area contributed by atoms with Crippen LogP contribution in [0.25, 0.3) is 5.69 Å². The fraction of sp³-hybridized carbons (Fsp3) is 0.0526. The highest BCUT2D eigenvalue weighted by atomic mass is 35.5. The molecule has 4 N–H and O–H groups in total. The number of carboxylic acid groups (broad SMARTS) is 1. The Morgan fingerprint density at radius 3 is 2.48 bits per heavy atom. The van der Waals surface area contributed by atoms with Gasteiger partial charge in [0.25, 0.3) is 0 Å². The molecule has 148 valence electrons. The van der Waals surface area contributed by atoms with Crippen molar-refractivity contribution in [3.05, 3.63) is 70.4 Å². The molecular formula is C19H16ClN5O3S. The Morgan fingerprint density at radius 1 is 1.21 bits per heavy atom. The summed E-state index contributed by atoms with van der Waals surface area (Å²) in [6.45, 7) is 1.74. The second-order valence-electron chi connectivity index (χ2n) is 5.92. The molecule has 0 saturated heterocycles. The highest BCUT2D eigenvalue weighted by Crippen LogP contribution is 2.24. The van der Waals surface area contributed by atoms with E-state index in [0.29, 0.717) is 27.7 Å². The molecule has 0 aliphatic carbocycles. The van der Waals surface area contributed by atoms with Gasteiger partial charge in [0.1, 0.15) is 0 Å². The number of hydrazone groups is 1. The SMILES string of the molecule is Cc1nn(-c2ccc(Cl)cc2)c(O)c1C=NNC(=S)Nc1ccc(C(=O)O)cc1. The Balaban J connectivity index is 1.66. The van der Waals surface area contributed by atoms with Crippen molar-refractivity contribution >= 4 is 46.8 Å². The van der Waals surface area contributed by atoms with E-state index in [0.717, 1.165) is 0 Å². The Morgan fingerprint density at radius 2 is 1.86 bits per heavy atom. The maximum Gasteiger partial charge on any atom is 0.335 e. The van der Waals surface area contributed by atoms with Crippen LogP contribution >= 0.6 is 23.8 Å². The summed E-state index contributed by atoms with van der Waals surface area (Å²) in [5.41, 5.74) is 5.09. The molecule has 8 nitrogen and oxygen atoms in total. The molecule has 29 heavy (non-hydrogen) atoms. The van der Waals surface area contributed by atoms with Crippen molar-refractivity contribution in [1.82, 2.24) is 15.2 Å². The van der Waals surface area contributed by atoms with Gasteiger partial charge in [0.15, 0.2) is 5.11 Å². The topological polar surface area (TPSA) is 112 Å². The standard InChI is InChI=1S/C19H16ClN5O3S/c1-11-16(17(26)25(24-11)15-8-4-13(20)5-9-15)10-21-23-19(29)22-14-6-2-12(3-7-14)18(27)28/h2-10,26H,1H3,(H,27,28)(H2,22,23,29). The molecule has 3 aromatic rings. The lowest BCUT2D eigenvalue weighted by Crippen LogP contribution is -2.23. The highest BCUT2D eigenvalue weighted by Gasteiger charge is 2.14. The summed E-state index contributed by atoms with van der Waals surface area (Å²) in [4.78, 5) is 10.9. The number of carbonyl (C=O) groups is 1. The number of nitrogens with one attached hydrogen (secondary N) is 2. The summed E-state index contributed by atoms with van der Waals surface area (Å²) in [6.07, 6.45) is 1.41. The Kier molecular flexibility index (Phi) is 6.10. The van der Waals surface area contributed by atoms with Gasteiger partial charge in [0.05, 0.1) is 28.7 Å². The van der Waals surface area contributed by atoms with E-state index in [1.807, 2.05) is 0 Å². The summed E-state index contributed by atoms with van der Waals surface area (Å²) in [7, 11) is 0. The summed E-state index contributed by atoms with van der Waals surface area (Å²) < 4.78 is 1.38. The normalized spacial score (nSPS) is 10.8. The van der Waals surface area contributed by atoms with E-state index in [1.54, 1.807) is 43.3 Å². The fourth-order valence-electron chi connectivity index (χ4n) is 2.45. The van der Waals surface area contributed by atoms with E-state index in [-0.39, 0.29) is 16.6 Å². The molecule has 0 unspecified atom stereocenters. The van der Waals surface area contributed by atoms with Crippen molar-refractivity contribution in [2.75, 3.05) is 5.32 Å². The minimum Gasteiger partial charge on any atom is -0.493 e. The minimum absolute atomic E-state index is 0.0708. The van der Waals surface area contributed by atoms with Gasteiger partial charge in [-0.25, -0.2) is 9.48 Å². The molecule has 1 heterocycles. The lowest BCUT2D eigenvalue weighted by Gasteiger charge is -2.07. The van der Waals surface area contributed by atoms with E-state index >= 15 is 0 Å². The van der Waals surface area contributed by atoms with Gasteiger partial charge in [-0.2, -0.15) is 10.2 Å². The monoisotopic (exact) mass is 429 g/mol. The van der Waals surface area contributed by atoms with Crippen molar-refractivity contribution < 1.29 is 15.0 Å². The molecule has 0 fully saturated rings. The van der Waals surface area contributed by atoms with Crippen LogP contribution in [0.2, 0.25) is 5.02 Å². The second-order valence-corrected chi connectivity index (χ2v) is 6.76. The molecule has 0 aliphatic rings. The van der Waals surface area contributed by atoms with Gasteiger partial charge in [-0.3, -0.25) is 5.43 Å². The highest BCUT2D eigenvalue weighted by molar-refractivity contribution is 7.80. The lowest BCUT2D eigenvalue weighted by atomic mass is 10.2. The summed E-state index contributed by atoms with van der Waals surface area (Å²) >= 11 is 11.0. The molecule has 10 heteroatoms. The molecule has 3 rings (SSSR count). The number of halogens is 1. The van der Waals surface area contributed by atoms with E-state index in [1.165, 1.54) is 23.0 Å². The average molecular weight is 430 g/mol. The predicted molar refractivity (Wildman–Crippen MR) is 115 cm³/mol. The zero-order valence-corrected chi connectivity index (χ0v) is 16.7. The summed E-state index contributed by atoms with van der Waals surface area (Å²) in [6, 6.07) is 13.0. The van der Waals surface area contributed by atoms with Crippen LogP contribution < -0.4 is 10.7 Å². The van der Waals surface area contributed by atoms with Crippen LogP contribution in [0.15, 0.2) is 53.6 Å². The fourth-order valence-corrected chi connectivity index (χ4v) is 2.75. The quantitative estimate of drug-likeness (QED) is 0.278. The molecule has 0 spiro atoms. The molecule has 0 bridgehead atoms. The first kappa shape index (κ1) is 20.3. The summed E-state index contributed by atoms with van der Waals surface area (Å²) in [5.74, 6) is -1.07. The van der Waals surface area contributed by atoms with Gasteiger partial charge in [0, 0.05) is 10.7 Å². The van der Waals surface area contributed by atoms with Crippen LogP contribution in [-0.2, 0) is 0 Å². The van der Waals surface area contributed by atoms with Crippen molar-refractivity contribution in [2.45, 2.75) is 6.92 Å². The molecule has 0 radical (unpaired) electrons. The molecular weight excluding hydrogens is 414 g/mol. The number of aromatic nitrogens is 2. The van der Waals surface area contributed by atoms with Crippen molar-refractivity contribution in [2.24, 2.45) is 5.10 Å². The number of carboxylic acids is 1. The third kappa shape index (κ3) is 4.89. The molecule has 0 atom stereocenters. The molecule has 0 amide bonds. The van der Waals surface area contributed by atoms with E-state index in [9.17, 15) is 9.90 Å². The Labute approximate surface area is 176 Å². The van der Waals surface area contributed by atoms with Crippen molar-refractivity contribution in [1.29, 1.82) is 0 Å². The Hall–Kier alpha value is -3.43. The minimum atomic E-state index is -1.00. The number of rotatable bonds is 5. The van der Waals surface area contributed by atoms with Gasteiger partial charge in [-0.1, -0.05) is 11.6 Å². The van der Waals surface area contributed by atoms with Gasteiger partial charge < -0.3 is 15.5 Å². The third-order valence-corrected chi connectivity index (χ3v) is 4.35. The number of benzene rings is 2. The van der Waals surface area contributed by atoms with Crippen molar-refractivity contribution in [3.63, 3.8) is 0 Å². The largest absolute Gasteiger partial charge is 0.493 e. The molecule has 2 aromatic carbocycles. The number of thiocarbonyl (C=S) groups is 1. The lowest BCUT2D eigenvalue weighted by molar-refractivity contribution is 0.0697. The van der Waals surface area contributed by atoms with Crippen LogP contribution in [0.5, 0.6) is 5.88 Å². The van der Waals surface area contributed by atoms with Crippen LogP contribution in [0.4, 0.5) is 5.69 Å². The van der Waals surface area contributed by atoms with Crippen LogP contribution in [-0.4, -0.2) is 37.3 Å². The number of nitrogens with zero attached hydrogens (tertiary/aromatic N) is 3. The zero-order chi connectivity index (χ0) is 21.0. The number of aromatic carboxylic acids is 1. The molecule has 1 aromatic heterocycles. The number of aromatic hydroxyl groups is 1. The van der Waals surface area contributed by atoms with Crippen LogP contribution in [0.1, 0.15) is 21.6 Å². The third-order valence-electron chi connectivity index (χ3n) is 3.90. The van der Waals surface area contributed by atoms with Gasteiger partial charge in [-0.05, 0) is 67.7 Å². The van der Waals surface area contributed by atoms with Crippen LogP contribution in [0, 0.1) is 6.92 Å². The van der Waals surface area contributed by atoms with Crippen molar-refractivity contribution in [3.8, 4) is 11.6 Å². The van der Waals surface area contributed by atoms with Gasteiger partial charge >= 0.3 is 5.97 Å². The first-order valence-corrected chi connectivity index (χ1v) is 9.11. The number of anilines is 1. The van der Waals surface area contributed by atoms with Crippen LogP contribution in [0.3, 0.4) is 0 Å². The number of hydrogen-bond acceptors (Lipinski definition) is 5. The number of aryl methyl sites for hydroxylation is 1. The van der Waals surface area contributed by atoms with E-state index in [4.69, 9.17) is 28.9 Å². The van der Waals surface area contributed by atoms with Gasteiger partial charge in [0.2, 0.25) is 5.88 Å². The maximum absolute atomic E-state index is 10.9. The summed E-state index contributed by atoms with van der Waals surface area (Å²) in [5, 5.41) is 31.3. The molecule has 0 aliphatic heterocycles. The molecule has 0 saturated carbocycles. The second kappa shape index (κ2) is 8.72. The van der Waals surface area contributed by atoms with E-state index in [2.05, 4.69) is 20.9 Å².